The Bertz CT molecular complexity index is 984. The van der Waals surface area contributed by atoms with Crippen LogP contribution in [0.5, 0.6) is 23.0 Å². The summed E-state index contributed by atoms with van der Waals surface area (Å²) in [6.45, 7) is 5.07. The maximum Gasteiger partial charge on any atom is 0.161 e. The molecule has 5 heteroatoms. The summed E-state index contributed by atoms with van der Waals surface area (Å²) in [5.74, 6) is 4.49. The molecule has 0 radical (unpaired) electrons. The van der Waals surface area contributed by atoms with E-state index in [0.717, 1.165) is 55.5 Å². The maximum absolute atomic E-state index is 6.23. The van der Waals surface area contributed by atoms with Crippen LogP contribution < -0.4 is 18.9 Å². The summed E-state index contributed by atoms with van der Waals surface area (Å²) in [5.41, 5.74) is 5.51. The van der Waals surface area contributed by atoms with Crippen molar-refractivity contribution < 1.29 is 18.9 Å². The molecule has 2 aliphatic heterocycles. The van der Waals surface area contributed by atoms with E-state index in [1.54, 1.807) is 21.3 Å². The Labute approximate surface area is 191 Å². The Morgan fingerprint density at radius 1 is 0.844 bits per heavy atom. The standard InChI is InChI=1S/C27H35NO4/c1-5-20-21-13-24(30-3)23(29-2)12-19(21)15-28-10-9-18-11-26(32-16-17-7-6-8-17)25(31-4)14-22(18)27(20)28/h11-14,17,20,27H,5-10,15-16H2,1-4H3/t20-,27-/m1/s1. The van der Waals surface area contributed by atoms with Crippen LogP contribution in [0, 0.1) is 5.92 Å². The summed E-state index contributed by atoms with van der Waals surface area (Å²) in [4.78, 5) is 2.62. The predicted molar refractivity (Wildman–Crippen MR) is 125 cm³/mol. The van der Waals surface area contributed by atoms with Crippen LogP contribution in [0.2, 0.25) is 0 Å². The zero-order valence-electron chi connectivity index (χ0n) is 19.8. The third-order valence-electron chi connectivity index (χ3n) is 7.74. The van der Waals surface area contributed by atoms with Gasteiger partial charge >= 0.3 is 0 Å². The second kappa shape index (κ2) is 8.86. The minimum Gasteiger partial charge on any atom is -0.493 e. The molecule has 1 saturated carbocycles. The number of rotatable bonds is 7. The monoisotopic (exact) mass is 437 g/mol. The van der Waals surface area contributed by atoms with Crippen molar-refractivity contribution in [1.82, 2.24) is 4.90 Å². The fraction of sp³-hybridized carbons (Fsp3) is 0.556. The first-order valence-corrected chi connectivity index (χ1v) is 12.0. The van der Waals surface area contributed by atoms with Crippen LogP contribution in [-0.4, -0.2) is 39.4 Å². The fourth-order valence-electron chi connectivity index (χ4n) is 5.75. The van der Waals surface area contributed by atoms with E-state index in [0.29, 0.717) is 17.9 Å². The van der Waals surface area contributed by atoms with E-state index in [9.17, 15) is 0 Å². The van der Waals surface area contributed by atoms with Gasteiger partial charge in [-0.25, -0.2) is 0 Å². The molecule has 2 aromatic rings. The summed E-state index contributed by atoms with van der Waals surface area (Å²) < 4.78 is 23.3. The van der Waals surface area contributed by atoms with E-state index in [-0.39, 0.29) is 0 Å². The lowest BCUT2D eigenvalue weighted by Gasteiger charge is -2.46. The van der Waals surface area contributed by atoms with Crippen LogP contribution in [-0.2, 0) is 13.0 Å². The van der Waals surface area contributed by atoms with Crippen LogP contribution in [0.25, 0.3) is 0 Å². The Hall–Kier alpha value is -2.40. The molecule has 172 valence electrons. The number of benzene rings is 2. The Balaban J connectivity index is 1.52. The molecule has 2 aromatic carbocycles. The molecule has 5 nitrogen and oxygen atoms in total. The molecular formula is C27H35NO4. The average Bonchev–Trinajstić information content (AvgIpc) is 2.79. The van der Waals surface area contributed by atoms with E-state index in [4.69, 9.17) is 18.9 Å². The summed E-state index contributed by atoms with van der Waals surface area (Å²) in [5, 5.41) is 0. The molecule has 0 unspecified atom stereocenters. The van der Waals surface area contributed by atoms with Gasteiger partial charge in [0.1, 0.15) is 0 Å². The van der Waals surface area contributed by atoms with Crippen molar-refractivity contribution in [3.8, 4) is 23.0 Å². The third kappa shape index (κ3) is 3.61. The Morgan fingerprint density at radius 2 is 1.50 bits per heavy atom. The van der Waals surface area contributed by atoms with Gasteiger partial charge in [-0.3, -0.25) is 4.90 Å². The lowest BCUT2D eigenvalue weighted by atomic mass is 9.75. The molecule has 3 aliphatic rings. The van der Waals surface area contributed by atoms with Crippen LogP contribution >= 0.6 is 0 Å². The summed E-state index contributed by atoms with van der Waals surface area (Å²) in [6.07, 6.45) is 6.01. The molecule has 0 amide bonds. The molecule has 5 rings (SSSR count). The smallest absolute Gasteiger partial charge is 0.161 e. The first kappa shape index (κ1) is 21.4. The molecule has 1 aliphatic carbocycles. The molecule has 0 saturated heterocycles. The molecule has 2 heterocycles. The van der Waals surface area contributed by atoms with Gasteiger partial charge in [0, 0.05) is 25.0 Å². The third-order valence-corrected chi connectivity index (χ3v) is 7.74. The van der Waals surface area contributed by atoms with Crippen LogP contribution in [0.1, 0.15) is 66.8 Å². The van der Waals surface area contributed by atoms with Gasteiger partial charge in [0.05, 0.1) is 27.9 Å². The first-order chi connectivity index (χ1) is 15.7. The van der Waals surface area contributed by atoms with Gasteiger partial charge in [-0.1, -0.05) is 13.3 Å². The number of hydrogen-bond acceptors (Lipinski definition) is 5. The van der Waals surface area contributed by atoms with Gasteiger partial charge in [0.2, 0.25) is 0 Å². The highest BCUT2D eigenvalue weighted by atomic mass is 16.5. The van der Waals surface area contributed by atoms with Crippen molar-refractivity contribution in [2.24, 2.45) is 5.92 Å². The van der Waals surface area contributed by atoms with Gasteiger partial charge in [-0.05, 0) is 78.1 Å². The summed E-state index contributed by atoms with van der Waals surface area (Å²) in [6, 6.07) is 9.20. The van der Waals surface area contributed by atoms with Crippen molar-refractivity contribution in [3.05, 3.63) is 46.5 Å². The van der Waals surface area contributed by atoms with Crippen LogP contribution in [0.4, 0.5) is 0 Å². The number of nitrogens with zero attached hydrogens (tertiary/aromatic N) is 1. The maximum atomic E-state index is 6.23. The summed E-state index contributed by atoms with van der Waals surface area (Å²) in [7, 11) is 5.18. The number of methoxy groups -OCH3 is 3. The molecule has 1 fully saturated rings. The van der Waals surface area contributed by atoms with Gasteiger partial charge in [0.25, 0.3) is 0 Å². The zero-order chi connectivity index (χ0) is 22.2. The van der Waals surface area contributed by atoms with Gasteiger partial charge in [-0.15, -0.1) is 0 Å². The normalized spacial score (nSPS) is 22.2. The second-order valence-electron chi connectivity index (χ2n) is 9.40. The van der Waals surface area contributed by atoms with E-state index in [1.165, 1.54) is 41.5 Å². The predicted octanol–water partition coefficient (Wildman–Crippen LogP) is 5.50. The lowest BCUT2D eigenvalue weighted by molar-refractivity contribution is 0.130. The molecular weight excluding hydrogens is 402 g/mol. The molecule has 0 spiro atoms. The van der Waals surface area contributed by atoms with Crippen molar-refractivity contribution in [2.45, 2.75) is 57.5 Å². The van der Waals surface area contributed by atoms with E-state index >= 15 is 0 Å². The van der Waals surface area contributed by atoms with Crippen molar-refractivity contribution >= 4 is 0 Å². The van der Waals surface area contributed by atoms with Crippen LogP contribution in [0.15, 0.2) is 24.3 Å². The molecule has 2 atom stereocenters. The largest absolute Gasteiger partial charge is 0.493 e. The molecule has 0 N–H and O–H groups in total. The van der Waals surface area contributed by atoms with Crippen molar-refractivity contribution in [1.29, 1.82) is 0 Å². The average molecular weight is 438 g/mol. The number of ether oxygens (including phenoxy) is 4. The van der Waals surface area contributed by atoms with Crippen molar-refractivity contribution in [2.75, 3.05) is 34.5 Å². The molecule has 0 bridgehead atoms. The SMILES string of the molecule is CC[C@@H]1c2cc(OC)c(OC)cc2CN2CCc3cc(OCC4CCC4)c(OC)cc3[C@@H]12. The molecule has 0 aromatic heterocycles. The quantitative estimate of drug-likeness (QED) is 0.572. The highest BCUT2D eigenvalue weighted by molar-refractivity contribution is 5.54. The van der Waals surface area contributed by atoms with Gasteiger partial charge in [0.15, 0.2) is 23.0 Å². The number of hydrogen-bond donors (Lipinski definition) is 0. The topological polar surface area (TPSA) is 40.2 Å². The van der Waals surface area contributed by atoms with Gasteiger partial charge < -0.3 is 18.9 Å². The highest BCUT2D eigenvalue weighted by Gasteiger charge is 2.39. The Kier molecular flexibility index (Phi) is 5.93. The number of fused-ring (bicyclic) bond motifs is 4. The van der Waals surface area contributed by atoms with E-state index in [1.807, 2.05) is 0 Å². The first-order valence-electron chi connectivity index (χ1n) is 12.0. The Morgan fingerprint density at radius 3 is 2.16 bits per heavy atom. The van der Waals surface area contributed by atoms with Crippen LogP contribution in [0.3, 0.4) is 0 Å². The highest BCUT2D eigenvalue weighted by Crippen LogP contribution is 2.51. The zero-order valence-corrected chi connectivity index (χ0v) is 19.8. The van der Waals surface area contributed by atoms with Gasteiger partial charge in [-0.2, -0.15) is 0 Å². The summed E-state index contributed by atoms with van der Waals surface area (Å²) >= 11 is 0. The lowest BCUT2D eigenvalue weighted by Crippen LogP contribution is -2.41. The minimum atomic E-state index is 0.337. The second-order valence-corrected chi connectivity index (χ2v) is 9.40. The minimum absolute atomic E-state index is 0.337. The van der Waals surface area contributed by atoms with E-state index < -0.39 is 0 Å². The van der Waals surface area contributed by atoms with Crippen molar-refractivity contribution in [3.63, 3.8) is 0 Å². The molecule has 32 heavy (non-hydrogen) atoms. The fourth-order valence-corrected chi connectivity index (χ4v) is 5.75. The van der Waals surface area contributed by atoms with E-state index in [2.05, 4.69) is 36.1 Å².